The molecule has 0 bridgehead atoms. The van der Waals surface area contributed by atoms with Crippen molar-refractivity contribution in [3.05, 3.63) is 75.9 Å². The first-order chi connectivity index (χ1) is 16.1. The number of hydrogen-bond acceptors (Lipinski definition) is 4. The number of likely N-dealkylation sites (tertiary alicyclic amines) is 1. The van der Waals surface area contributed by atoms with Gasteiger partial charge in [0.25, 0.3) is 11.8 Å². The van der Waals surface area contributed by atoms with E-state index in [0.29, 0.717) is 35.3 Å². The molecule has 0 spiro atoms. The van der Waals surface area contributed by atoms with E-state index in [1.807, 2.05) is 35.2 Å². The van der Waals surface area contributed by atoms with Crippen LogP contribution in [0.5, 0.6) is 0 Å². The Balaban J connectivity index is 1.37. The smallest absolute Gasteiger partial charge is 0.274 e. The lowest BCUT2D eigenvalue weighted by Crippen LogP contribution is -2.49. The number of thiazole rings is 1. The van der Waals surface area contributed by atoms with Gasteiger partial charge in [0, 0.05) is 25.0 Å². The van der Waals surface area contributed by atoms with Crippen LogP contribution >= 0.6 is 22.9 Å². The van der Waals surface area contributed by atoms with Gasteiger partial charge in [0.1, 0.15) is 5.69 Å². The normalized spacial score (nSPS) is 18.2. The van der Waals surface area contributed by atoms with Gasteiger partial charge in [-0.3, -0.25) is 9.59 Å². The molecule has 2 heterocycles. The SMILES string of the molecule is O=C(NCC1CCCCN1C(=O)c1nc(C2CC2)sc1-c1ccccc1)c1ccccc1Cl. The summed E-state index contributed by atoms with van der Waals surface area (Å²) in [6.07, 6.45) is 5.15. The van der Waals surface area contributed by atoms with E-state index in [0.717, 1.165) is 47.6 Å². The number of carbonyl (C=O) groups excluding carboxylic acids is 2. The summed E-state index contributed by atoms with van der Waals surface area (Å²) >= 11 is 7.83. The van der Waals surface area contributed by atoms with Gasteiger partial charge in [0.15, 0.2) is 0 Å². The Morgan fingerprint density at radius 2 is 1.79 bits per heavy atom. The predicted molar refractivity (Wildman–Crippen MR) is 132 cm³/mol. The number of halogens is 1. The third-order valence-corrected chi connectivity index (χ3v) is 7.91. The Bertz CT molecular complexity index is 1160. The minimum absolute atomic E-state index is 0.0336. The van der Waals surface area contributed by atoms with Crippen molar-refractivity contribution in [3.63, 3.8) is 0 Å². The van der Waals surface area contributed by atoms with Crippen LogP contribution in [0.15, 0.2) is 54.6 Å². The Morgan fingerprint density at radius 3 is 2.55 bits per heavy atom. The number of amides is 2. The van der Waals surface area contributed by atoms with Crippen LogP contribution in [0.2, 0.25) is 5.02 Å². The predicted octanol–water partition coefficient (Wildman–Crippen LogP) is 5.77. The molecule has 1 unspecified atom stereocenters. The fourth-order valence-electron chi connectivity index (χ4n) is 4.34. The molecule has 1 saturated heterocycles. The summed E-state index contributed by atoms with van der Waals surface area (Å²) in [6, 6.07) is 17.0. The Labute approximate surface area is 202 Å². The molecular weight excluding hydrogens is 454 g/mol. The van der Waals surface area contributed by atoms with Gasteiger partial charge in [0.2, 0.25) is 0 Å². The van der Waals surface area contributed by atoms with Crippen LogP contribution in [0.1, 0.15) is 63.9 Å². The van der Waals surface area contributed by atoms with Gasteiger partial charge >= 0.3 is 0 Å². The van der Waals surface area contributed by atoms with E-state index in [-0.39, 0.29) is 17.9 Å². The first kappa shape index (κ1) is 22.1. The molecule has 1 aliphatic heterocycles. The standard InChI is InChI=1S/C26H26ClN3O2S/c27-21-12-5-4-11-20(21)24(31)28-16-19-10-6-7-15-30(19)26(32)22-23(17-8-2-1-3-9-17)33-25(29-22)18-13-14-18/h1-5,8-9,11-12,18-19H,6-7,10,13-16H2,(H,28,31). The molecule has 1 saturated carbocycles. The maximum absolute atomic E-state index is 13.8. The van der Waals surface area contributed by atoms with E-state index < -0.39 is 0 Å². The van der Waals surface area contributed by atoms with Crippen molar-refractivity contribution in [2.45, 2.75) is 44.1 Å². The molecule has 5 rings (SSSR count). The van der Waals surface area contributed by atoms with Crippen molar-refractivity contribution in [1.82, 2.24) is 15.2 Å². The molecule has 2 fully saturated rings. The topological polar surface area (TPSA) is 62.3 Å². The third kappa shape index (κ3) is 4.82. The Hall–Kier alpha value is -2.70. The molecule has 0 radical (unpaired) electrons. The highest BCUT2D eigenvalue weighted by atomic mass is 35.5. The van der Waals surface area contributed by atoms with Crippen molar-refractivity contribution < 1.29 is 9.59 Å². The third-order valence-electron chi connectivity index (χ3n) is 6.31. The van der Waals surface area contributed by atoms with Crippen LogP contribution in [0.25, 0.3) is 10.4 Å². The van der Waals surface area contributed by atoms with E-state index in [4.69, 9.17) is 16.6 Å². The van der Waals surface area contributed by atoms with Crippen molar-refractivity contribution in [2.75, 3.05) is 13.1 Å². The zero-order valence-electron chi connectivity index (χ0n) is 18.3. The summed E-state index contributed by atoms with van der Waals surface area (Å²) < 4.78 is 0. The summed E-state index contributed by atoms with van der Waals surface area (Å²) in [5.41, 5.74) is 2.04. The fraction of sp³-hybridized carbons (Fsp3) is 0.346. The van der Waals surface area contributed by atoms with Crippen LogP contribution in [0.3, 0.4) is 0 Å². The second-order valence-corrected chi connectivity index (χ2v) is 10.1. The van der Waals surface area contributed by atoms with E-state index >= 15 is 0 Å². The van der Waals surface area contributed by atoms with Crippen LogP contribution in [-0.4, -0.2) is 40.8 Å². The first-order valence-corrected chi connectivity index (χ1v) is 12.7. The minimum Gasteiger partial charge on any atom is -0.350 e. The molecule has 3 aromatic rings. The number of piperidine rings is 1. The summed E-state index contributed by atoms with van der Waals surface area (Å²) in [7, 11) is 0. The van der Waals surface area contributed by atoms with Gasteiger partial charge in [-0.15, -0.1) is 11.3 Å². The van der Waals surface area contributed by atoms with Crippen molar-refractivity contribution in [2.24, 2.45) is 0 Å². The summed E-state index contributed by atoms with van der Waals surface area (Å²) in [4.78, 5) is 34.1. The second kappa shape index (κ2) is 9.65. The van der Waals surface area contributed by atoms with Gasteiger partial charge in [-0.05, 0) is 49.8 Å². The second-order valence-electron chi connectivity index (χ2n) is 8.71. The molecular formula is C26H26ClN3O2S. The molecule has 2 amide bonds. The van der Waals surface area contributed by atoms with Crippen LogP contribution in [0, 0.1) is 0 Å². The Morgan fingerprint density at radius 1 is 1.03 bits per heavy atom. The highest BCUT2D eigenvalue weighted by molar-refractivity contribution is 7.15. The van der Waals surface area contributed by atoms with E-state index in [9.17, 15) is 9.59 Å². The van der Waals surface area contributed by atoms with Crippen molar-refractivity contribution >= 4 is 34.8 Å². The number of carbonyl (C=O) groups is 2. The maximum atomic E-state index is 13.8. The van der Waals surface area contributed by atoms with E-state index in [2.05, 4.69) is 5.32 Å². The molecule has 7 heteroatoms. The number of aromatic nitrogens is 1. The van der Waals surface area contributed by atoms with Crippen LogP contribution in [0.4, 0.5) is 0 Å². The number of hydrogen-bond donors (Lipinski definition) is 1. The lowest BCUT2D eigenvalue weighted by atomic mass is 10.0. The van der Waals surface area contributed by atoms with Gasteiger partial charge < -0.3 is 10.2 Å². The van der Waals surface area contributed by atoms with Gasteiger partial charge in [-0.1, -0.05) is 54.1 Å². The molecule has 1 N–H and O–H groups in total. The van der Waals surface area contributed by atoms with E-state index in [1.54, 1.807) is 35.6 Å². The molecule has 1 atom stereocenters. The van der Waals surface area contributed by atoms with Crippen LogP contribution in [-0.2, 0) is 0 Å². The number of nitrogens with zero attached hydrogens (tertiary/aromatic N) is 2. The average molecular weight is 480 g/mol. The monoisotopic (exact) mass is 479 g/mol. The zero-order chi connectivity index (χ0) is 22.8. The minimum atomic E-state index is -0.215. The lowest BCUT2D eigenvalue weighted by molar-refractivity contribution is 0.0598. The first-order valence-electron chi connectivity index (χ1n) is 11.5. The van der Waals surface area contributed by atoms with Gasteiger partial charge in [-0.2, -0.15) is 0 Å². The number of benzene rings is 2. The molecule has 1 aromatic heterocycles. The summed E-state index contributed by atoms with van der Waals surface area (Å²) in [5.74, 6) is 0.244. The van der Waals surface area contributed by atoms with Crippen molar-refractivity contribution in [3.8, 4) is 10.4 Å². The fourth-order valence-corrected chi connectivity index (χ4v) is 5.79. The molecule has 2 aliphatic rings. The molecule has 5 nitrogen and oxygen atoms in total. The quantitative estimate of drug-likeness (QED) is 0.488. The summed E-state index contributed by atoms with van der Waals surface area (Å²) in [5, 5.41) is 4.48. The summed E-state index contributed by atoms with van der Waals surface area (Å²) in [6.45, 7) is 1.08. The lowest BCUT2D eigenvalue weighted by Gasteiger charge is -2.35. The molecule has 170 valence electrons. The van der Waals surface area contributed by atoms with E-state index in [1.165, 1.54) is 0 Å². The molecule has 33 heavy (non-hydrogen) atoms. The zero-order valence-corrected chi connectivity index (χ0v) is 19.9. The maximum Gasteiger partial charge on any atom is 0.274 e. The number of rotatable bonds is 6. The molecule has 2 aromatic carbocycles. The van der Waals surface area contributed by atoms with Gasteiger partial charge in [0.05, 0.1) is 20.5 Å². The highest BCUT2D eigenvalue weighted by Gasteiger charge is 2.34. The Kier molecular flexibility index (Phi) is 6.47. The largest absolute Gasteiger partial charge is 0.350 e. The van der Waals surface area contributed by atoms with Crippen LogP contribution < -0.4 is 5.32 Å². The highest BCUT2D eigenvalue weighted by Crippen LogP contribution is 2.45. The van der Waals surface area contributed by atoms with Gasteiger partial charge in [-0.25, -0.2) is 4.98 Å². The average Bonchev–Trinajstić information content (AvgIpc) is 3.61. The van der Waals surface area contributed by atoms with Crippen molar-refractivity contribution in [1.29, 1.82) is 0 Å². The molecule has 1 aliphatic carbocycles. The number of nitrogens with one attached hydrogen (secondary N) is 1.